The maximum atomic E-state index is 6.12. The molecule has 1 aliphatic heterocycles. The molecule has 0 spiro atoms. The summed E-state index contributed by atoms with van der Waals surface area (Å²) in [4.78, 5) is 5.09. The maximum Gasteiger partial charge on any atom is 0.0472 e. The quantitative estimate of drug-likeness (QED) is 0.906. The van der Waals surface area contributed by atoms with Crippen molar-refractivity contribution in [3.8, 4) is 0 Å². The predicted octanol–water partition coefficient (Wildman–Crippen LogP) is 2.76. The molecule has 1 fully saturated rings. The second-order valence-electron chi connectivity index (χ2n) is 5.49. The van der Waals surface area contributed by atoms with Crippen LogP contribution in [0.15, 0.2) is 24.3 Å². The maximum absolute atomic E-state index is 6.12. The first-order valence-corrected chi connectivity index (χ1v) is 8.01. The van der Waals surface area contributed by atoms with E-state index in [0.29, 0.717) is 12.6 Å². The summed E-state index contributed by atoms with van der Waals surface area (Å²) in [5, 5.41) is 0.792. The van der Waals surface area contributed by atoms with Crippen LogP contribution in [0.2, 0.25) is 5.02 Å². The summed E-state index contributed by atoms with van der Waals surface area (Å²) < 4.78 is 0. The Hall–Kier alpha value is -0.610. The molecule has 0 saturated carbocycles. The fourth-order valence-corrected chi connectivity index (χ4v) is 3.41. The Labute approximate surface area is 127 Å². The third-order valence-corrected chi connectivity index (χ3v) is 4.65. The Morgan fingerprint density at radius 1 is 1.35 bits per heavy atom. The van der Waals surface area contributed by atoms with Gasteiger partial charge in [0.1, 0.15) is 0 Å². The van der Waals surface area contributed by atoms with Crippen LogP contribution < -0.4 is 5.73 Å². The summed E-state index contributed by atoms with van der Waals surface area (Å²) in [5.41, 5.74) is 7.28. The predicted molar refractivity (Wildman–Crippen MR) is 86.1 cm³/mol. The largest absolute Gasteiger partial charge is 0.329 e. The molecule has 4 heteroatoms. The van der Waals surface area contributed by atoms with Gasteiger partial charge in [-0.15, -0.1) is 0 Å². The second-order valence-corrected chi connectivity index (χ2v) is 5.93. The van der Waals surface area contributed by atoms with Crippen LogP contribution in [0.3, 0.4) is 0 Å². The number of hydrogen-bond donors (Lipinski definition) is 1. The molecule has 20 heavy (non-hydrogen) atoms. The van der Waals surface area contributed by atoms with Crippen molar-refractivity contribution >= 4 is 11.6 Å². The van der Waals surface area contributed by atoms with Gasteiger partial charge in [0, 0.05) is 43.3 Å². The van der Waals surface area contributed by atoms with Gasteiger partial charge in [0.15, 0.2) is 0 Å². The number of hydrogen-bond acceptors (Lipinski definition) is 3. The Balaban J connectivity index is 2.12. The number of likely N-dealkylation sites (N-methyl/N-ethyl adjacent to an activating group) is 1. The second kappa shape index (κ2) is 7.41. The summed E-state index contributed by atoms with van der Waals surface area (Å²) >= 11 is 6.12. The van der Waals surface area contributed by atoms with Crippen LogP contribution in [0.4, 0.5) is 0 Å². The highest BCUT2D eigenvalue weighted by Gasteiger charge is 2.29. The minimum absolute atomic E-state index is 0.279. The molecule has 2 rings (SSSR count). The van der Waals surface area contributed by atoms with Gasteiger partial charge < -0.3 is 5.73 Å². The third kappa shape index (κ3) is 3.53. The van der Waals surface area contributed by atoms with Crippen LogP contribution in [0.1, 0.15) is 31.9 Å². The van der Waals surface area contributed by atoms with E-state index in [9.17, 15) is 0 Å². The normalized spacial score (nSPS) is 22.9. The zero-order valence-electron chi connectivity index (χ0n) is 12.6. The van der Waals surface area contributed by atoms with E-state index in [1.54, 1.807) is 0 Å². The van der Waals surface area contributed by atoms with Gasteiger partial charge in [-0.1, -0.05) is 37.6 Å². The van der Waals surface area contributed by atoms with Gasteiger partial charge in [-0.25, -0.2) is 0 Å². The molecule has 2 unspecified atom stereocenters. The SMILES string of the molecule is CCC1CN(C(CN)c2cccc(Cl)c2)CCN1CC. The number of benzene rings is 1. The van der Waals surface area contributed by atoms with Crippen LogP contribution in [0, 0.1) is 0 Å². The van der Waals surface area contributed by atoms with Crippen molar-refractivity contribution in [3.63, 3.8) is 0 Å². The van der Waals surface area contributed by atoms with E-state index in [2.05, 4.69) is 29.7 Å². The summed E-state index contributed by atoms with van der Waals surface area (Å²) in [5.74, 6) is 0. The van der Waals surface area contributed by atoms with Crippen molar-refractivity contribution in [2.45, 2.75) is 32.4 Å². The monoisotopic (exact) mass is 295 g/mol. The van der Waals surface area contributed by atoms with E-state index >= 15 is 0 Å². The molecule has 1 aromatic rings. The Morgan fingerprint density at radius 2 is 2.15 bits per heavy atom. The van der Waals surface area contributed by atoms with Crippen LogP contribution in [-0.4, -0.2) is 48.6 Å². The highest BCUT2D eigenvalue weighted by atomic mass is 35.5. The zero-order chi connectivity index (χ0) is 14.5. The van der Waals surface area contributed by atoms with Gasteiger partial charge in [-0.05, 0) is 30.7 Å². The summed E-state index contributed by atoms with van der Waals surface area (Å²) in [6.07, 6.45) is 1.19. The van der Waals surface area contributed by atoms with Crippen molar-refractivity contribution in [2.24, 2.45) is 5.73 Å². The molecule has 0 radical (unpaired) electrons. The summed E-state index contributed by atoms with van der Waals surface area (Å²) in [6.45, 7) is 9.60. The third-order valence-electron chi connectivity index (χ3n) is 4.41. The lowest BCUT2D eigenvalue weighted by Gasteiger charge is -2.44. The van der Waals surface area contributed by atoms with Gasteiger partial charge >= 0.3 is 0 Å². The van der Waals surface area contributed by atoms with Gasteiger partial charge in [0.05, 0.1) is 0 Å². The number of nitrogens with zero attached hydrogens (tertiary/aromatic N) is 2. The lowest BCUT2D eigenvalue weighted by Crippen LogP contribution is -2.54. The fraction of sp³-hybridized carbons (Fsp3) is 0.625. The van der Waals surface area contributed by atoms with Crippen LogP contribution in [-0.2, 0) is 0 Å². The lowest BCUT2D eigenvalue weighted by atomic mass is 10.0. The van der Waals surface area contributed by atoms with Crippen LogP contribution >= 0.6 is 11.6 Å². The lowest BCUT2D eigenvalue weighted by molar-refractivity contribution is 0.0509. The number of rotatable bonds is 5. The smallest absolute Gasteiger partial charge is 0.0472 e. The van der Waals surface area contributed by atoms with E-state index in [4.69, 9.17) is 17.3 Å². The fourth-order valence-electron chi connectivity index (χ4n) is 3.21. The first-order valence-electron chi connectivity index (χ1n) is 7.63. The van der Waals surface area contributed by atoms with Gasteiger partial charge in [0.2, 0.25) is 0 Å². The molecule has 112 valence electrons. The first kappa shape index (κ1) is 15.8. The minimum atomic E-state index is 0.279. The van der Waals surface area contributed by atoms with E-state index in [1.807, 2.05) is 18.2 Å². The molecule has 3 nitrogen and oxygen atoms in total. The van der Waals surface area contributed by atoms with Gasteiger partial charge in [-0.3, -0.25) is 9.80 Å². The van der Waals surface area contributed by atoms with Crippen LogP contribution in [0.5, 0.6) is 0 Å². The molecule has 0 aromatic heterocycles. The average Bonchev–Trinajstić information content (AvgIpc) is 2.48. The van der Waals surface area contributed by atoms with Crippen molar-refractivity contribution in [1.82, 2.24) is 9.80 Å². The van der Waals surface area contributed by atoms with E-state index in [0.717, 1.165) is 31.2 Å². The van der Waals surface area contributed by atoms with E-state index in [1.165, 1.54) is 12.0 Å². The van der Waals surface area contributed by atoms with Gasteiger partial charge in [-0.2, -0.15) is 0 Å². The molecule has 0 amide bonds. The molecule has 2 atom stereocenters. The molecule has 1 saturated heterocycles. The summed E-state index contributed by atoms with van der Waals surface area (Å²) in [7, 11) is 0. The highest BCUT2D eigenvalue weighted by molar-refractivity contribution is 6.30. The Kier molecular flexibility index (Phi) is 5.85. The standard InChI is InChI=1S/C16H26ClN3/c1-3-15-12-20(9-8-19(15)4-2)16(11-18)13-6-5-7-14(17)10-13/h5-7,10,15-16H,3-4,8-9,11-12,18H2,1-2H3. The van der Waals surface area contributed by atoms with Crippen molar-refractivity contribution < 1.29 is 0 Å². The van der Waals surface area contributed by atoms with Crippen molar-refractivity contribution in [2.75, 3.05) is 32.7 Å². The van der Waals surface area contributed by atoms with E-state index < -0.39 is 0 Å². The molecule has 2 N–H and O–H groups in total. The molecule has 0 aliphatic carbocycles. The Morgan fingerprint density at radius 3 is 2.75 bits per heavy atom. The molecular weight excluding hydrogens is 270 g/mol. The van der Waals surface area contributed by atoms with Gasteiger partial charge in [0.25, 0.3) is 0 Å². The molecular formula is C16H26ClN3. The topological polar surface area (TPSA) is 32.5 Å². The minimum Gasteiger partial charge on any atom is -0.329 e. The number of nitrogens with two attached hydrogens (primary N) is 1. The number of piperazine rings is 1. The van der Waals surface area contributed by atoms with Crippen molar-refractivity contribution in [1.29, 1.82) is 0 Å². The molecule has 1 aliphatic rings. The zero-order valence-corrected chi connectivity index (χ0v) is 13.3. The molecule has 1 heterocycles. The highest BCUT2D eigenvalue weighted by Crippen LogP contribution is 2.25. The Bertz CT molecular complexity index is 424. The first-order chi connectivity index (χ1) is 9.69. The van der Waals surface area contributed by atoms with Crippen molar-refractivity contribution in [3.05, 3.63) is 34.9 Å². The summed E-state index contributed by atoms with van der Waals surface area (Å²) in [6, 6.07) is 9.04. The van der Waals surface area contributed by atoms with E-state index in [-0.39, 0.29) is 6.04 Å². The molecule has 0 bridgehead atoms. The number of halogens is 1. The molecule has 1 aromatic carbocycles. The average molecular weight is 296 g/mol. The van der Waals surface area contributed by atoms with Crippen LogP contribution in [0.25, 0.3) is 0 Å².